The summed E-state index contributed by atoms with van der Waals surface area (Å²) < 4.78 is 0. The Balaban J connectivity index is 2.59. The average Bonchev–Trinajstić information content (AvgIpc) is 1.93. The van der Waals surface area contributed by atoms with Crippen molar-refractivity contribution in [2.75, 3.05) is 0 Å². The Kier molecular flexibility index (Phi) is 2.25. The van der Waals surface area contributed by atoms with E-state index in [9.17, 15) is 9.59 Å². The van der Waals surface area contributed by atoms with E-state index in [1.54, 1.807) is 0 Å². The van der Waals surface area contributed by atoms with Gasteiger partial charge >= 0.3 is 0 Å². The van der Waals surface area contributed by atoms with Gasteiger partial charge < -0.3 is 0 Å². The van der Waals surface area contributed by atoms with Gasteiger partial charge in [-0.15, -0.1) is 0 Å². The van der Waals surface area contributed by atoms with Crippen LogP contribution < -0.4 is 0 Å². The molecule has 0 saturated carbocycles. The van der Waals surface area contributed by atoms with Crippen LogP contribution in [0.4, 0.5) is 0 Å². The van der Waals surface area contributed by atoms with Crippen molar-refractivity contribution in [2.45, 2.75) is 13.3 Å². The number of rotatable bonds is 2. The van der Waals surface area contributed by atoms with Crippen molar-refractivity contribution in [3.05, 3.63) is 0 Å². The Morgan fingerprint density at radius 3 is 3.00 bits per heavy atom. The van der Waals surface area contributed by atoms with Crippen LogP contribution in [-0.2, 0) is 9.59 Å². The van der Waals surface area contributed by atoms with E-state index in [1.165, 1.54) is 19.5 Å². The summed E-state index contributed by atoms with van der Waals surface area (Å²) in [5, 5.41) is 0. The molecule has 4 heteroatoms. The van der Waals surface area contributed by atoms with Gasteiger partial charge in [-0.25, -0.2) is 9.98 Å². The number of ketones is 1. The van der Waals surface area contributed by atoms with Gasteiger partial charge in [0.15, 0.2) is 0 Å². The first-order valence-electron chi connectivity index (χ1n) is 3.29. The molecule has 0 saturated heterocycles. The first kappa shape index (κ1) is 7.78. The zero-order valence-corrected chi connectivity index (χ0v) is 6.15. The third-order valence-electron chi connectivity index (χ3n) is 1.34. The second-order valence-electron chi connectivity index (χ2n) is 2.39. The number of carbonyl (C=O) groups is 2. The van der Waals surface area contributed by atoms with Crippen molar-refractivity contribution in [3.63, 3.8) is 0 Å². The van der Waals surface area contributed by atoms with Gasteiger partial charge in [0.1, 0.15) is 12.1 Å². The molecule has 58 valence electrons. The van der Waals surface area contributed by atoms with E-state index in [0.717, 1.165) is 0 Å². The second-order valence-corrected chi connectivity index (χ2v) is 2.39. The first-order chi connectivity index (χ1) is 5.20. The minimum atomic E-state index is -0.433. The number of aliphatic imine (C=N–C) groups is 2. The van der Waals surface area contributed by atoms with Crippen LogP contribution in [0.3, 0.4) is 0 Å². The van der Waals surface area contributed by atoms with E-state index in [4.69, 9.17) is 0 Å². The Morgan fingerprint density at radius 1 is 1.73 bits per heavy atom. The number of amides is 1. The van der Waals surface area contributed by atoms with Crippen LogP contribution in [0.2, 0.25) is 0 Å². The molecule has 0 aromatic heterocycles. The van der Waals surface area contributed by atoms with Crippen LogP contribution in [0.5, 0.6) is 0 Å². The van der Waals surface area contributed by atoms with Crippen LogP contribution in [0.15, 0.2) is 9.98 Å². The van der Waals surface area contributed by atoms with Gasteiger partial charge in [-0.3, -0.25) is 9.59 Å². The highest BCUT2D eigenvalue weighted by atomic mass is 16.1. The van der Waals surface area contributed by atoms with E-state index >= 15 is 0 Å². The molecule has 1 aliphatic rings. The van der Waals surface area contributed by atoms with Gasteiger partial charge in [0.05, 0.1) is 5.92 Å². The van der Waals surface area contributed by atoms with Gasteiger partial charge in [-0.05, 0) is 6.92 Å². The van der Waals surface area contributed by atoms with Crippen LogP contribution in [-0.4, -0.2) is 24.2 Å². The predicted molar refractivity (Wildman–Crippen MR) is 40.8 cm³/mol. The summed E-state index contributed by atoms with van der Waals surface area (Å²) in [6, 6.07) is 0. The van der Waals surface area contributed by atoms with Crippen molar-refractivity contribution < 1.29 is 9.59 Å². The maximum absolute atomic E-state index is 10.9. The molecular formula is C7H8N2O2. The van der Waals surface area contributed by atoms with Gasteiger partial charge in [0.25, 0.3) is 5.91 Å². The van der Waals surface area contributed by atoms with E-state index in [1.807, 2.05) is 0 Å². The van der Waals surface area contributed by atoms with Crippen molar-refractivity contribution >= 4 is 24.2 Å². The summed E-state index contributed by atoms with van der Waals surface area (Å²) in [5.41, 5.74) is 0. The van der Waals surface area contributed by atoms with Crippen LogP contribution >= 0.6 is 0 Å². The molecule has 4 nitrogen and oxygen atoms in total. The fourth-order valence-corrected chi connectivity index (χ4v) is 0.842. The van der Waals surface area contributed by atoms with Gasteiger partial charge in [-0.2, -0.15) is 0 Å². The molecule has 0 radical (unpaired) electrons. The van der Waals surface area contributed by atoms with Crippen molar-refractivity contribution in [3.8, 4) is 0 Å². The number of Topliss-reactive ketones (excluding diaryl/α,β-unsaturated/α-hetero) is 1. The Morgan fingerprint density at radius 2 is 2.45 bits per heavy atom. The van der Waals surface area contributed by atoms with Crippen molar-refractivity contribution in [1.29, 1.82) is 0 Å². The largest absolute Gasteiger partial charge is 0.300 e. The number of carbonyl (C=O) groups excluding carboxylic acids is 2. The molecule has 1 aliphatic heterocycles. The predicted octanol–water partition coefficient (Wildman–Crippen LogP) is 0.221. The number of nitrogens with zero attached hydrogens (tertiary/aromatic N) is 2. The highest BCUT2D eigenvalue weighted by Crippen LogP contribution is 2.05. The average molecular weight is 152 g/mol. The molecule has 0 aliphatic carbocycles. The van der Waals surface area contributed by atoms with Crippen LogP contribution in [0.1, 0.15) is 13.3 Å². The molecule has 11 heavy (non-hydrogen) atoms. The van der Waals surface area contributed by atoms with E-state index in [2.05, 4.69) is 9.98 Å². The van der Waals surface area contributed by atoms with Crippen LogP contribution in [0.25, 0.3) is 0 Å². The molecule has 0 aromatic carbocycles. The fourth-order valence-electron chi connectivity index (χ4n) is 0.842. The molecule has 1 rings (SSSR count). The lowest BCUT2D eigenvalue weighted by Crippen LogP contribution is -2.19. The lowest BCUT2D eigenvalue weighted by molar-refractivity contribution is -0.124. The summed E-state index contributed by atoms with van der Waals surface area (Å²) in [5.74, 6) is -0.736. The zero-order valence-electron chi connectivity index (χ0n) is 6.15. The quantitative estimate of drug-likeness (QED) is 0.568. The van der Waals surface area contributed by atoms with Gasteiger partial charge in [0.2, 0.25) is 0 Å². The molecule has 0 N–H and O–H groups in total. The normalized spacial score (nSPS) is 22.3. The third kappa shape index (κ3) is 2.07. The van der Waals surface area contributed by atoms with Gasteiger partial charge in [-0.1, -0.05) is 0 Å². The van der Waals surface area contributed by atoms with E-state index in [-0.39, 0.29) is 18.1 Å². The third-order valence-corrected chi connectivity index (χ3v) is 1.34. The summed E-state index contributed by atoms with van der Waals surface area (Å²) in [4.78, 5) is 28.6. The number of hydrogen-bond donors (Lipinski definition) is 0. The maximum atomic E-state index is 10.9. The van der Waals surface area contributed by atoms with E-state index in [0.29, 0.717) is 0 Å². The van der Waals surface area contributed by atoms with E-state index < -0.39 is 5.92 Å². The molecule has 1 atom stereocenters. The summed E-state index contributed by atoms with van der Waals surface area (Å²) in [6.07, 6.45) is 2.86. The Hall–Kier alpha value is -1.32. The minimum Gasteiger partial charge on any atom is -0.300 e. The second kappa shape index (κ2) is 3.18. The molecule has 1 unspecified atom stereocenters. The zero-order chi connectivity index (χ0) is 8.27. The smallest absolute Gasteiger partial charge is 0.256 e. The summed E-state index contributed by atoms with van der Waals surface area (Å²) in [6.45, 7) is 1.44. The Labute approximate surface area is 64.0 Å². The van der Waals surface area contributed by atoms with Gasteiger partial charge in [0, 0.05) is 12.6 Å². The van der Waals surface area contributed by atoms with Crippen LogP contribution in [0, 0.1) is 5.92 Å². The molecule has 0 bridgehead atoms. The SMILES string of the molecule is CC(=O)CC1C=NC=NC1=O. The molecule has 0 aromatic rings. The number of hydrogen-bond acceptors (Lipinski definition) is 3. The van der Waals surface area contributed by atoms with Crippen molar-refractivity contribution in [1.82, 2.24) is 0 Å². The highest BCUT2D eigenvalue weighted by molar-refractivity contribution is 6.04. The highest BCUT2D eigenvalue weighted by Gasteiger charge is 2.18. The standard InChI is InChI=1S/C7H8N2O2/c1-5(10)2-6-3-8-4-9-7(6)11/h3-4,6H,2H2,1H3. The monoisotopic (exact) mass is 152 g/mol. The summed E-state index contributed by atoms with van der Waals surface area (Å²) >= 11 is 0. The molecule has 0 fully saturated rings. The lowest BCUT2D eigenvalue weighted by Gasteiger charge is -2.06. The molecular weight excluding hydrogens is 144 g/mol. The molecule has 1 amide bonds. The lowest BCUT2D eigenvalue weighted by atomic mass is 10.0. The fraction of sp³-hybridized carbons (Fsp3) is 0.429. The Bertz CT molecular complexity index is 243. The maximum Gasteiger partial charge on any atom is 0.256 e. The summed E-state index contributed by atoms with van der Waals surface area (Å²) in [7, 11) is 0. The first-order valence-corrected chi connectivity index (χ1v) is 3.29. The topological polar surface area (TPSA) is 58.9 Å². The molecule has 1 heterocycles. The molecule has 0 spiro atoms. The minimum absolute atomic E-state index is 0.0214. The van der Waals surface area contributed by atoms with Crippen molar-refractivity contribution in [2.24, 2.45) is 15.9 Å².